The summed E-state index contributed by atoms with van der Waals surface area (Å²) in [7, 11) is 0. The van der Waals surface area contributed by atoms with Gasteiger partial charge in [0.2, 0.25) is 5.91 Å². The van der Waals surface area contributed by atoms with Crippen molar-refractivity contribution in [3.63, 3.8) is 0 Å². The van der Waals surface area contributed by atoms with Crippen molar-refractivity contribution in [3.8, 4) is 0 Å². The molecule has 1 saturated carbocycles. The number of carbonyl (C=O) groups excluding carboxylic acids is 2. The maximum Gasteiger partial charge on any atom is 0.252 e. The van der Waals surface area contributed by atoms with Gasteiger partial charge in [0.25, 0.3) is 5.91 Å². The molecule has 0 spiro atoms. The molecule has 1 aromatic heterocycles. The van der Waals surface area contributed by atoms with E-state index in [4.69, 9.17) is 16.0 Å². The molecule has 3 heterocycles. The van der Waals surface area contributed by atoms with Crippen molar-refractivity contribution < 1.29 is 14.0 Å². The first-order valence-electron chi connectivity index (χ1n) is 15.1. The van der Waals surface area contributed by atoms with E-state index in [1.165, 1.54) is 11.3 Å². The number of piperazine rings is 1. The van der Waals surface area contributed by atoms with Crippen molar-refractivity contribution in [2.45, 2.75) is 51.5 Å². The predicted molar refractivity (Wildman–Crippen MR) is 166 cm³/mol. The summed E-state index contributed by atoms with van der Waals surface area (Å²) >= 11 is 6.75. The third-order valence-corrected chi connectivity index (χ3v) is 8.74. The number of aromatic nitrogens is 1. The van der Waals surface area contributed by atoms with Gasteiger partial charge in [-0.1, -0.05) is 29.8 Å². The fourth-order valence-corrected chi connectivity index (χ4v) is 6.11. The van der Waals surface area contributed by atoms with Gasteiger partial charge in [-0.05, 0) is 56.4 Å². The van der Waals surface area contributed by atoms with Crippen LogP contribution in [0.4, 0.5) is 17.1 Å². The van der Waals surface area contributed by atoms with Gasteiger partial charge >= 0.3 is 0 Å². The molecule has 2 saturated heterocycles. The van der Waals surface area contributed by atoms with Crippen LogP contribution in [0, 0.1) is 6.92 Å². The molecule has 9 nitrogen and oxygen atoms in total. The Morgan fingerprint density at radius 3 is 2.55 bits per heavy atom. The van der Waals surface area contributed by atoms with Gasteiger partial charge in [0.1, 0.15) is 6.26 Å². The summed E-state index contributed by atoms with van der Waals surface area (Å²) in [5.74, 6) is 1.25. The van der Waals surface area contributed by atoms with Gasteiger partial charge in [0, 0.05) is 63.8 Å². The van der Waals surface area contributed by atoms with Crippen LogP contribution in [0.25, 0.3) is 0 Å². The molecule has 10 heteroatoms. The van der Waals surface area contributed by atoms with Crippen LogP contribution in [0.15, 0.2) is 47.1 Å². The van der Waals surface area contributed by atoms with E-state index in [1.54, 1.807) is 6.26 Å². The van der Waals surface area contributed by atoms with Gasteiger partial charge in [-0.3, -0.25) is 9.59 Å². The zero-order valence-electron chi connectivity index (χ0n) is 24.2. The van der Waals surface area contributed by atoms with Crippen LogP contribution < -0.4 is 20.4 Å². The van der Waals surface area contributed by atoms with Crippen molar-refractivity contribution in [2.24, 2.45) is 0 Å². The van der Waals surface area contributed by atoms with E-state index in [2.05, 4.69) is 56.6 Å². The first-order valence-corrected chi connectivity index (χ1v) is 15.5. The summed E-state index contributed by atoms with van der Waals surface area (Å²) in [5, 5.41) is 6.93. The maximum atomic E-state index is 13.2. The molecule has 1 aliphatic carbocycles. The number of anilines is 3. The van der Waals surface area contributed by atoms with Crippen molar-refractivity contribution in [2.75, 3.05) is 60.9 Å². The molecule has 42 heavy (non-hydrogen) atoms. The molecule has 0 unspecified atom stereocenters. The molecule has 2 aromatic carbocycles. The minimum absolute atomic E-state index is 0.201. The first-order chi connectivity index (χ1) is 20.5. The SMILES string of the molecule is Cc1ccccc1N1CCN(c2cc(Cl)c(C(=O)NCCCN3CCCC3=O)cc2NCc2coc(C3CC3)n2)CC1. The van der Waals surface area contributed by atoms with Crippen molar-refractivity contribution in [1.82, 2.24) is 15.2 Å². The van der Waals surface area contributed by atoms with Gasteiger partial charge in [-0.15, -0.1) is 0 Å². The van der Waals surface area contributed by atoms with Gasteiger partial charge < -0.3 is 29.8 Å². The van der Waals surface area contributed by atoms with Crippen molar-refractivity contribution in [1.29, 1.82) is 0 Å². The molecule has 6 rings (SSSR count). The minimum atomic E-state index is -0.218. The van der Waals surface area contributed by atoms with Crippen molar-refractivity contribution >= 4 is 40.5 Å². The second-order valence-corrected chi connectivity index (χ2v) is 11.9. The van der Waals surface area contributed by atoms with Crippen molar-refractivity contribution in [3.05, 3.63) is 70.4 Å². The molecule has 0 atom stereocenters. The number of para-hydroxylation sites is 1. The van der Waals surface area contributed by atoms with E-state index < -0.39 is 0 Å². The summed E-state index contributed by atoms with van der Waals surface area (Å²) in [5.41, 5.74) is 5.62. The lowest BCUT2D eigenvalue weighted by Gasteiger charge is -2.39. The van der Waals surface area contributed by atoms with Gasteiger partial charge in [-0.25, -0.2) is 4.98 Å². The Labute approximate surface area is 252 Å². The number of oxazole rings is 1. The number of aryl methyl sites for hydroxylation is 1. The fourth-order valence-electron chi connectivity index (χ4n) is 5.86. The number of likely N-dealkylation sites (tertiary alicyclic amines) is 1. The molecule has 0 radical (unpaired) electrons. The number of hydrogen-bond acceptors (Lipinski definition) is 7. The lowest BCUT2D eigenvalue weighted by Crippen LogP contribution is -2.47. The lowest BCUT2D eigenvalue weighted by atomic mass is 10.1. The van der Waals surface area contributed by atoms with Crippen LogP contribution >= 0.6 is 11.6 Å². The predicted octanol–water partition coefficient (Wildman–Crippen LogP) is 5.19. The molecular formula is C32H39ClN6O3. The van der Waals surface area contributed by atoms with Crippen LogP contribution in [0.1, 0.15) is 65.5 Å². The van der Waals surface area contributed by atoms with E-state index in [9.17, 15) is 9.59 Å². The average Bonchev–Trinajstić information content (AvgIpc) is 3.60. The lowest BCUT2D eigenvalue weighted by molar-refractivity contribution is -0.127. The molecular weight excluding hydrogens is 552 g/mol. The first kappa shape index (κ1) is 28.4. The summed E-state index contributed by atoms with van der Waals surface area (Å²) in [6, 6.07) is 12.3. The zero-order valence-corrected chi connectivity index (χ0v) is 25.0. The number of rotatable bonds is 11. The minimum Gasteiger partial charge on any atom is -0.448 e. The van der Waals surface area contributed by atoms with Gasteiger partial charge in [0.15, 0.2) is 5.89 Å². The molecule has 2 aliphatic heterocycles. The normalized spacial score (nSPS) is 17.2. The molecule has 2 N–H and O–H groups in total. The van der Waals surface area contributed by atoms with E-state index >= 15 is 0 Å². The Bertz CT molecular complexity index is 1430. The summed E-state index contributed by atoms with van der Waals surface area (Å²) in [6.45, 7) is 8.01. The number of nitrogens with zero attached hydrogens (tertiary/aromatic N) is 4. The molecule has 3 aliphatic rings. The third-order valence-electron chi connectivity index (χ3n) is 8.42. The monoisotopic (exact) mass is 590 g/mol. The Morgan fingerprint density at radius 2 is 1.83 bits per heavy atom. The molecule has 3 fully saturated rings. The highest BCUT2D eigenvalue weighted by Gasteiger charge is 2.29. The Morgan fingerprint density at radius 1 is 1.07 bits per heavy atom. The number of benzene rings is 2. The second kappa shape index (κ2) is 12.7. The van der Waals surface area contributed by atoms with Crippen LogP contribution in [0.3, 0.4) is 0 Å². The molecule has 0 bridgehead atoms. The largest absolute Gasteiger partial charge is 0.448 e. The van der Waals surface area contributed by atoms with E-state index in [-0.39, 0.29) is 11.8 Å². The topological polar surface area (TPSA) is 94.0 Å². The number of nitrogens with one attached hydrogen (secondary N) is 2. The van der Waals surface area contributed by atoms with E-state index in [1.807, 2.05) is 17.0 Å². The number of halogens is 1. The van der Waals surface area contributed by atoms with Crippen LogP contribution in [-0.2, 0) is 11.3 Å². The summed E-state index contributed by atoms with van der Waals surface area (Å²) < 4.78 is 5.69. The smallest absolute Gasteiger partial charge is 0.252 e. The van der Waals surface area contributed by atoms with E-state index in [0.717, 1.165) is 74.9 Å². The molecule has 222 valence electrons. The second-order valence-electron chi connectivity index (χ2n) is 11.5. The highest BCUT2D eigenvalue weighted by atomic mass is 35.5. The maximum absolute atomic E-state index is 13.2. The Hall–Kier alpha value is -3.72. The third kappa shape index (κ3) is 6.51. The molecule has 3 aromatic rings. The fraction of sp³-hybridized carbons (Fsp3) is 0.469. The number of hydrogen-bond donors (Lipinski definition) is 2. The Balaban J connectivity index is 1.15. The molecule has 2 amide bonds. The van der Waals surface area contributed by atoms with Crippen LogP contribution in [0.5, 0.6) is 0 Å². The van der Waals surface area contributed by atoms with Gasteiger partial charge in [-0.2, -0.15) is 0 Å². The standard InChI is InChI=1S/C32H39ClN6O3/c1-22-6-2-3-7-28(22)37-14-16-38(17-15-37)29-19-26(33)25(31(41)34-11-5-13-39-12-4-8-30(39)40)18-27(29)35-20-24-21-42-32(36-24)23-9-10-23/h2-3,6-7,18-19,21,23,35H,4-5,8-17,20H2,1H3,(H,34,41). The average molecular weight is 591 g/mol. The van der Waals surface area contributed by atoms with Crippen LogP contribution in [-0.4, -0.2) is 67.5 Å². The van der Waals surface area contributed by atoms with Gasteiger partial charge in [0.05, 0.1) is 34.2 Å². The Kier molecular flexibility index (Phi) is 8.55. The highest BCUT2D eigenvalue weighted by molar-refractivity contribution is 6.34. The van der Waals surface area contributed by atoms with Crippen LogP contribution in [0.2, 0.25) is 5.02 Å². The summed E-state index contributed by atoms with van der Waals surface area (Å²) in [6.07, 6.45) is 6.24. The van der Waals surface area contributed by atoms with E-state index in [0.29, 0.717) is 49.0 Å². The summed E-state index contributed by atoms with van der Waals surface area (Å²) in [4.78, 5) is 36.4. The number of carbonyl (C=O) groups is 2. The zero-order chi connectivity index (χ0) is 29.1. The quantitative estimate of drug-likeness (QED) is 0.297. The number of amides is 2. The highest BCUT2D eigenvalue weighted by Crippen LogP contribution is 2.39.